The molecule has 0 spiro atoms. The molecule has 0 unspecified atom stereocenters. The van der Waals surface area contributed by atoms with Gasteiger partial charge in [-0.05, 0) is 67.8 Å². The van der Waals surface area contributed by atoms with Gasteiger partial charge in [0, 0.05) is 25.7 Å². The van der Waals surface area contributed by atoms with Crippen LogP contribution in [0.1, 0.15) is 48.9 Å². The molecule has 1 N–H and O–H groups in total. The molecular weight excluding hydrogens is 444 g/mol. The minimum atomic E-state index is -3.79. The Bertz CT molecular complexity index is 983. The molecule has 6 rings (SSSR count). The summed E-state index contributed by atoms with van der Waals surface area (Å²) in [6.45, 7) is 1.89. The zero-order valence-electron chi connectivity index (χ0n) is 19.5. The van der Waals surface area contributed by atoms with Crippen molar-refractivity contribution in [1.82, 2.24) is 9.62 Å². The van der Waals surface area contributed by atoms with Crippen molar-refractivity contribution in [2.75, 3.05) is 47.1 Å². The maximum atomic E-state index is 13.4. The standard InChI is InChI=1S/C24H34N2O6S/c1-30-21-11-19(33(28,29)26-3-5-32-6-4-26)10-20(22(21)31-2)23(27)25-15-24-12-16-7-17(13-24)9-18(8-16)14-24/h10-11,16-18H,3-9,12-15H2,1-2H3,(H,25,27). The number of nitrogens with zero attached hydrogens (tertiary/aromatic N) is 1. The van der Waals surface area contributed by atoms with Crippen LogP contribution < -0.4 is 14.8 Å². The third kappa shape index (κ3) is 4.23. The first-order valence-corrected chi connectivity index (χ1v) is 13.4. The lowest BCUT2D eigenvalue weighted by Gasteiger charge is -2.56. The van der Waals surface area contributed by atoms with Crippen molar-refractivity contribution in [3.63, 3.8) is 0 Å². The lowest BCUT2D eigenvalue weighted by Crippen LogP contribution is -2.51. The molecular formula is C24H34N2O6S. The van der Waals surface area contributed by atoms with E-state index in [1.807, 2.05) is 0 Å². The highest BCUT2D eigenvalue weighted by atomic mass is 32.2. The number of carbonyl (C=O) groups excluding carboxylic acids is 1. The average Bonchev–Trinajstić information content (AvgIpc) is 2.81. The average molecular weight is 479 g/mol. The summed E-state index contributed by atoms with van der Waals surface area (Å²) in [4.78, 5) is 13.4. The minimum Gasteiger partial charge on any atom is -0.493 e. The molecule has 0 atom stereocenters. The predicted octanol–water partition coefficient (Wildman–Crippen LogP) is 2.67. The van der Waals surface area contributed by atoms with Gasteiger partial charge in [-0.25, -0.2) is 8.42 Å². The molecule has 4 aliphatic carbocycles. The number of hydrogen-bond donors (Lipinski definition) is 1. The number of rotatable bonds is 7. The van der Waals surface area contributed by atoms with E-state index in [2.05, 4.69) is 5.32 Å². The Kier molecular flexibility index (Phi) is 6.07. The summed E-state index contributed by atoms with van der Waals surface area (Å²) in [5.74, 6) is 2.55. The van der Waals surface area contributed by atoms with E-state index in [-0.39, 0.29) is 46.4 Å². The molecule has 4 bridgehead atoms. The van der Waals surface area contributed by atoms with Crippen LogP contribution in [0.15, 0.2) is 17.0 Å². The van der Waals surface area contributed by atoms with Gasteiger partial charge in [0.25, 0.3) is 5.91 Å². The summed E-state index contributed by atoms with van der Waals surface area (Å²) < 4.78 is 44.1. The van der Waals surface area contributed by atoms with Gasteiger partial charge < -0.3 is 19.5 Å². The normalized spacial score (nSPS) is 31.4. The summed E-state index contributed by atoms with van der Waals surface area (Å²) >= 11 is 0. The second-order valence-corrected chi connectivity index (χ2v) is 12.3. The van der Waals surface area contributed by atoms with Gasteiger partial charge in [-0.1, -0.05) is 0 Å². The van der Waals surface area contributed by atoms with Gasteiger partial charge in [-0.15, -0.1) is 0 Å². The number of hydrogen-bond acceptors (Lipinski definition) is 6. The third-order valence-corrected chi connectivity index (χ3v) is 9.97. The van der Waals surface area contributed by atoms with Gasteiger partial charge in [0.15, 0.2) is 11.5 Å². The molecule has 5 fully saturated rings. The highest BCUT2D eigenvalue weighted by Gasteiger charge is 2.50. The number of nitrogens with one attached hydrogen (secondary N) is 1. The quantitative estimate of drug-likeness (QED) is 0.648. The lowest BCUT2D eigenvalue weighted by molar-refractivity contribution is -0.0503. The number of methoxy groups -OCH3 is 2. The predicted molar refractivity (Wildman–Crippen MR) is 122 cm³/mol. The monoisotopic (exact) mass is 478 g/mol. The molecule has 1 aromatic carbocycles. The zero-order chi connectivity index (χ0) is 23.2. The van der Waals surface area contributed by atoms with Crippen molar-refractivity contribution in [2.24, 2.45) is 23.2 Å². The number of amides is 1. The van der Waals surface area contributed by atoms with Crippen LogP contribution in [0.2, 0.25) is 0 Å². The SMILES string of the molecule is COc1cc(S(=O)(=O)N2CCOCC2)cc(C(=O)NCC23CC4CC(CC(C4)C2)C3)c1OC. The van der Waals surface area contributed by atoms with Gasteiger partial charge in [-0.3, -0.25) is 4.79 Å². The smallest absolute Gasteiger partial charge is 0.255 e. The highest BCUT2D eigenvalue weighted by Crippen LogP contribution is 2.59. The summed E-state index contributed by atoms with van der Waals surface area (Å²) in [5.41, 5.74) is 0.368. The summed E-state index contributed by atoms with van der Waals surface area (Å²) in [7, 11) is -0.883. The third-order valence-electron chi connectivity index (χ3n) is 8.09. The summed E-state index contributed by atoms with van der Waals surface area (Å²) in [5, 5.41) is 3.14. The maximum absolute atomic E-state index is 13.4. The Morgan fingerprint density at radius 3 is 2.21 bits per heavy atom. The molecule has 33 heavy (non-hydrogen) atoms. The van der Waals surface area contributed by atoms with E-state index in [1.54, 1.807) is 0 Å². The second-order valence-electron chi connectivity index (χ2n) is 10.3. The Balaban J connectivity index is 1.40. The van der Waals surface area contributed by atoms with Crippen LogP contribution in [0.25, 0.3) is 0 Å². The fraction of sp³-hybridized carbons (Fsp3) is 0.708. The fourth-order valence-corrected chi connectivity index (χ4v) is 8.51. The fourth-order valence-electron chi connectivity index (χ4n) is 7.06. The Morgan fingerprint density at radius 2 is 1.67 bits per heavy atom. The number of sulfonamides is 1. The van der Waals surface area contributed by atoms with Gasteiger partial charge in [0.05, 0.1) is 37.9 Å². The highest BCUT2D eigenvalue weighted by molar-refractivity contribution is 7.89. The van der Waals surface area contributed by atoms with Gasteiger partial charge in [0.2, 0.25) is 10.0 Å². The number of benzene rings is 1. The molecule has 4 saturated carbocycles. The van der Waals surface area contributed by atoms with E-state index in [4.69, 9.17) is 14.2 Å². The summed E-state index contributed by atoms with van der Waals surface area (Å²) in [6, 6.07) is 2.85. The van der Waals surface area contributed by atoms with Crippen molar-refractivity contribution >= 4 is 15.9 Å². The van der Waals surface area contributed by atoms with Crippen LogP contribution in [0.5, 0.6) is 11.5 Å². The van der Waals surface area contributed by atoms with E-state index < -0.39 is 10.0 Å². The van der Waals surface area contributed by atoms with Crippen LogP contribution in [0.3, 0.4) is 0 Å². The number of ether oxygens (including phenoxy) is 3. The number of morpholine rings is 1. The van der Waals surface area contributed by atoms with E-state index in [0.717, 1.165) is 17.8 Å². The van der Waals surface area contributed by atoms with Crippen LogP contribution in [-0.2, 0) is 14.8 Å². The van der Waals surface area contributed by atoms with Crippen molar-refractivity contribution < 1.29 is 27.4 Å². The minimum absolute atomic E-state index is 0.0296. The van der Waals surface area contributed by atoms with Crippen LogP contribution in [-0.4, -0.2) is 65.7 Å². The molecule has 1 aromatic rings. The molecule has 5 aliphatic rings. The Labute approximate surface area is 196 Å². The molecule has 1 heterocycles. The molecule has 0 aromatic heterocycles. The Morgan fingerprint density at radius 1 is 1.06 bits per heavy atom. The van der Waals surface area contributed by atoms with Crippen LogP contribution in [0.4, 0.5) is 0 Å². The van der Waals surface area contributed by atoms with Crippen molar-refractivity contribution in [1.29, 1.82) is 0 Å². The summed E-state index contributed by atoms with van der Waals surface area (Å²) in [6.07, 6.45) is 7.60. The van der Waals surface area contributed by atoms with Gasteiger partial charge >= 0.3 is 0 Å². The van der Waals surface area contributed by atoms with Crippen LogP contribution >= 0.6 is 0 Å². The topological polar surface area (TPSA) is 94.2 Å². The zero-order valence-corrected chi connectivity index (χ0v) is 20.3. The van der Waals surface area contributed by atoms with E-state index in [1.165, 1.54) is 69.2 Å². The first-order chi connectivity index (χ1) is 15.8. The van der Waals surface area contributed by atoms with Gasteiger partial charge in [0.1, 0.15) is 0 Å². The van der Waals surface area contributed by atoms with Crippen molar-refractivity contribution in [3.8, 4) is 11.5 Å². The molecule has 9 heteroatoms. The number of carbonyl (C=O) groups is 1. The molecule has 1 amide bonds. The van der Waals surface area contributed by atoms with E-state index in [9.17, 15) is 13.2 Å². The first-order valence-electron chi connectivity index (χ1n) is 12.0. The van der Waals surface area contributed by atoms with Crippen molar-refractivity contribution in [2.45, 2.75) is 43.4 Å². The van der Waals surface area contributed by atoms with E-state index in [0.29, 0.717) is 19.8 Å². The molecule has 0 radical (unpaired) electrons. The first kappa shape index (κ1) is 22.9. The Hall–Kier alpha value is -1.84. The molecule has 182 valence electrons. The van der Waals surface area contributed by atoms with Crippen LogP contribution in [0, 0.1) is 23.2 Å². The molecule has 8 nitrogen and oxygen atoms in total. The largest absolute Gasteiger partial charge is 0.493 e. The molecule has 1 aliphatic heterocycles. The molecule has 1 saturated heterocycles. The lowest BCUT2D eigenvalue weighted by atomic mass is 9.49. The van der Waals surface area contributed by atoms with Crippen molar-refractivity contribution in [3.05, 3.63) is 17.7 Å². The maximum Gasteiger partial charge on any atom is 0.255 e. The van der Waals surface area contributed by atoms with Gasteiger partial charge in [-0.2, -0.15) is 4.31 Å². The van der Waals surface area contributed by atoms with E-state index >= 15 is 0 Å². The second kappa shape index (κ2) is 8.74.